The zero-order valence-corrected chi connectivity index (χ0v) is 11.0. The van der Waals surface area contributed by atoms with Crippen molar-refractivity contribution in [2.75, 3.05) is 18.8 Å². The number of benzene rings is 1. The normalized spacial score (nSPS) is 18.4. The monoisotopic (exact) mass is 275 g/mol. The summed E-state index contributed by atoms with van der Waals surface area (Å²) in [7, 11) is 0. The van der Waals surface area contributed by atoms with Crippen LogP contribution in [-0.4, -0.2) is 24.4 Å². The first-order valence-corrected chi connectivity index (χ1v) is 6.88. The van der Waals surface area contributed by atoms with Crippen LogP contribution in [0, 0.1) is 6.92 Å². The average Bonchev–Trinajstić information content (AvgIpc) is 2.20. The van der Waals surface area contributed by atoms with Crippen LogP contribution in [0.25, 0.3) is 0 Å². The molecule has 5 heteroatoms. The quantitative estimate of drug-likeness (QED) is 0.903. The van der Waals surface area contributed by atoms with Crippen LogP contribution in [0.2, 0.25) is 0 Å². The van der Waals surface area contributed by atoms with Gasteiger partial charge in [-0.2, -0.15) is 13.2 Å². The van der Waals surface area contributed by atoms with E-state index in [1.165, 1.54) is 0 Å². The summed E-state index contributed by atoms with van der Waals surface area (Å²) in [5.74, 6) is 0.124. The maximum Gasteiger partial charge on any atom is 0.441 e. The molecule has 1 fully saturated rings. The van der Waals surface area contributed by atoms with Crippen LogP contribution in [0.3, 0.4) is 0 Å². The molecular formula is C13H16F3NS. The van der Waals surface area contributed by atoms with E-state index in [4.69, 9.17) is 0 Å². The summed E-state index contributed by atoms with van der Waals surface area (Å²) < 4.78 is 36.5. The van der Waals surface area contributed by atoms with Crippen molar-refractivity contribution in [1.29, 1.82) is 0 Å². The molecule has 1 aromatic carbocycles. The van der Waals surface area contributed by atoms with Gasteiger partial charge < -0.3 is 5.32 Å². The van der Waals surface area contributed by atoms with Crippen molar-refractivity contribution in [2.45, 2.75) is 24.3 Å². The van der Waals surface area contributed by atoms with Gasteiger partial charge in [-0.15, -0.1) is 0 Å². The van der Waals surface area contributed by atoms with E-state index < -0.39 is 5.51 Å². The molecule has 0 bridgehead atoms. The van der Waals surface area contributed by atoms with Crippen LogP contribution in [0.15, 0.2) is 24.3 Å². The molecule has 0 radical (unpaired) electrons. The molecule has 1 aliphatic rings. The Bertz CT molecular complexity index is 413. The molecule has 1 aliphatic heterocycles. The molecule has 1 nitrogen and oxygen atoms in total. The molecule has 1 N–H and O–H groups in total. The third-order valence-electron chi connectivity index (χ3n) is 3.40. The van der Waals surface area contributed by atoms with Crippen molar-refractivity contribution >= 4 is 11.8 Å². The summed E-state index contributed by atoms with van der Waals surface area (Å²) in [6.45, 7) is 3.55. The SMILES string of the molecule is Cc1cccc(C2(CCSC(F)(F)F)CNC2)c1. The molecular weight excluding hydrogens is 259 g/mol. The van der Waals surface area contributed by atoms with E-state index in [9.17, 15) is 13.2 Å². The number of alkyl halides is 3. The van der Waals surface area contributed by atoms with Gasteiger partial charge >= 0.3 is 5.51 Å². The van der Waals surface area contributed by atoms with Gasteiger partial charge in [0.05, 0.1) is 0 Å². The Kier molecular flexibility index (Phi) is 3.92. The fourth-order valence-electron chi connectivity index (χ4n) is 2.29. The summed E-state index contributed by atoms with van der Waals surface area (Å²) in [5.41, 5.74) is -1.92. The Morgan fingerprint density at radius 2 is 2.06 bits per heavy atom. The van der Waals surface area contributed by atoms with Crippen molar-refractivity contribution in [2.24, 2.45) is 0 Å². The van der Waals surface area contributed by atoms with E-state index in [-0.39, 0.29) is 22.9 Å². The second-order valence-corrected chi connectivity index (χ2v) is 5.96. The predicted molar refractivity (Wildman–Crippen MR) is 68.9 cm³/mol. The van der Waals surface area contributed by atoms with Gasteiger partial charge in [0.1, 0.15) is 0 Å². The molecule has 0 unspecified atom stereocenters. The fraction of sp³-hybridized carbons (Fsp3) is 0.538. The number of halogens is 3. The molecule has 0 saturated carbocycles. The standard InChI is InChI=1S/C13H16F3NS/c1-10-3-2-4-11(7-10)12(8-17-9-12)5-6-18-13(14,15)16/h2-4,7,17H,5-6,8-9H2,1H3. The van der Waals surface area contributed by atoms with Crippen LogP contribution < -0.4 is 5.32 Å². The Labute approximate surface area is 109 Å². The highest BCUT2D eigenvalue weighted by atomic mass is 32.2. The zero-order valence-electron chi connectivity index (χ0n) is 10.2. The highest BCUT2D eigenvalue weighted by molar-refractivity contribution is 8.00. The van der Waals surface area contributed by atoms with Gasteiger partial charge in [-0.1, -0.05) is 41.6 Å². The van der Waals surface area contributed by atoms with Gasteiger partial charge in [-0.05, 0) is 18.9 Å². The molecule has 0 atom stereocenters. The van der Waals surface area contributed by atoms with Crippen LogP contribution in [0.1, 0.15) is 17.5 Å². The second kappa shape index (κ2) is 5.13. The largest absolute Gasteiger partial charge is 0.441 e. The first kappa shape index (κ1) is 13.7. The first-order chi connectivity index (χ1) is 8.41. The van der Waals surface area contributed by atoms with E-state index in [0.717, 1.165) is 24.2 Å². The molecule has 18 heavy (non-hydrogen) atoms. The minimum atomic E-state index is -4.12. The van der Waals surface area contributed by atoms with E-state index >= 15 is 0 Å². The molecule has 100 valence electrons. The minimum absolute atomic E-state index is 0.0808. The molecule has 0 amide bonds. The molecule has 0 aliphatic carbocycles. The summed E-state index contributed by atoms with van der Waals surface area (Å²) in [6, 6.07) is 8.08. The van der Waals surface area contributed by atoms with Gasteiger partial charge in [0.15, 0.2) is 0 Å². The van der Waals surface area contributed by atoms with Crippen LogP contribution in [0.4, 0.5) is 13.2 Å². The van der Waals surface area contributed by atoms with Gasteiger partial charge in [-0.3, -0.25) is 0 Å². The number of hydrogen-bond acceptors (Lipinski definition) is 2. The molecule has 2 rings (SSSR count). The minimum Gasteiger partial charge on any atom is -0.315 e. The molecule has 1 saturated heterocycles. The number of hydrogen-bond donors (Lipinski definition) is 1. The lowest BCUT2D eigenvalue weighted by molar-refractivity contribution is -0.0329. The Balaban J connectivity index is 2.03. The molecule has 0 spiro atoms. The second-order valence-electron chi connectivity index (χ2n) is 4.80. The summed E-state index contributed by atoms with van der Waals surface area (Å²) in [6.07, 6.45) is 0.563. The Morgan fingerprint density at radius 1 is 1.33 bits per heavy atom. The van der Waals surface area contributed by atoms with E-state index in [0.29, 0.717) is 6.42 Å². The van der Waals surface area contributed by atoms with E-state index in [2.05, 4.69) is 11.4 Å². The van der Waals surface area contributed by atoms with Gasteiger partial charge in [-0.25, -0.2) is 0 Å². The van der Waals surface area contributed by atoms with E-state index in [1.54, 1.807) is 0 Å². The van der Waals surface area contributed by atoms with Gasteiger partial charge in [0.25, 0.3) is 0 Å². The molecule has 0 aromatic heterocycles. The van der Waals surface area contributed by atoms with Crippen molar-refractivity contribution in [3.63, 3.8) is 0 Å². The Hall–Kier alpha value is -0.680. The first-order valence-electron chi connectivity index (χ1n) is 5.90. The maximum absolute atomic E-state index is 12.2. The van der Waals surface area contributed by atoms with Crippen molar-refractivity contribution in [3.8, 4) is 0 Å². The topological polar surface area (TPSA) is 12.0 Å². The lowest BCUT2D eigenvalue weighted by Gasteiger charge is -2.43. The number of rotatable bonds is 4. The van der Waals surface area contributed by atoms with Crippen molar-refractivity contribution in [1.82, 2.24) is 5.32 Å². The maximum atomic E-state index is 12.2. The van der Waals surface area contributed by atoms with Crippen LogP contribution in [0.5, 0.6) is 0 Å². The van der Waals surface area contributed by atoms with Crippen LogP contribution in [-0.2, 0) is 5.41 Å². The highest BCUT2D eigenvalue weighted by Gasteiger charge is 2.39. The average molecular weight is 275 g/mol. The molecule has 1 heterocycles. The lowest BCUT2D eigenvalue weighted by atomic mass is 9.73. The predicted octanol–water partition coefficient (Wildman–Crippen LogP) is 3.48. The van der Waals surface area contributed by atoms with Gasteiger partial charge in [0.2, 0.25) is 0 Å². The third-order valence-corrected chi connectivity index (χ3v) is 4.14. The zero-order chi connectivity index (χ0) is 13.2. The van der Waals surface area contributed by atoms with Crippen molar-refractivity contribution < 1.29 is 13.2 Å². The molecule has 1 aromatic rings. The summed E-state index contributed by atoms with van der Waals surface area (Å²) in [4.78, 5) is 0. The fourth-order valence-corrected chi connectivity index (χ4v) is 3.01. The smallest absolute Gasteiger partial charge is 0.315 e. The van der Waals surface area contributed by atoms with Gasteiger partial charge in [0, 0.05) is 24.3 Å². The lowest BCUT2D eigenvalue weighted by Crippen LogP contribution is -2.57. The number of nitrogens with one attached hydrogen (secondary N) is 1. The van der Waals surface area contributed by atoms with E-state index in [1.807, 2.05) is 25.1 Å². The number of aryl methyl sites for hydroxylation is 1. The van der Waals surface area contributed by atoms with Crippen LogP contribution >= 0.6 is 11.8 Å². The third kappa shape index (κ3) is 3.20. The summed E-state index contributed by atoms with van der Waals surface area (Å²) in [5, 5.41) is 3.18. The number of thioether (sulfide) groups is 1. The highest BCUT2D eigenvalue weighted by Crippen LogP contribution is 2.37. The summed E-state index contributed by atoms with van der Waals surface area (Å²) >= 11 is 0.0808. The Morgan fingerprint density at radius 3 is 2.56 bits per heavy atom. The van der Waals surface area contributed by atoms with Crippen molar-refractivity contribution in [3.05, 3.63) is 35.4 Å².